The Kier molecular flexibility index (Phi) is 11.1. The summed E-state index contributed by atoms with van der Waals surface area (Å²) in [5.41, 5.74) is 2.39. The lowest BCUT2D eigenvalue weighted by molar-refractivity contribution is -0.136. The van der Waals surface area contributed by atoms with Crippen LogP contribution in [0.5, 0.6) is 0 Å². The highest BCUT2D eigenvalue weighted by molar-refractivity contribution is 7.99. The first-order valence-electron chi connectivity index (χ1n) is 11.9. The van der Waals surface area contributed by atoms with E-state index in [4.69, 9.17) is 16.7 Å². The van der Waals surface area contributed by atoms with E-state index in [-0.39, 0.29) is 37.1 Å². The number of hydrogen-bond acceptors (Lipinski definition) is 6. The molecule has 3 rings (SSSR count). The fourth-order valence-electron chi connectivity index (χ4n) is 3.97. The van der Waals surface area contributed by atoms with Crippen molar-refractivity contribution in [2.75, 3.05) is 62.3 Å². The van der Waals surface area contributed by atoms with Gasteiger partial charge in [-0.15, -0.1) is 0 Å². The van der Waals surface area contributed by atoms with Gasteiger partial charge in [-0.05, 0) is 48.4 Å². The molecule has 2 aromatic rings. The maximum Gasteiger partial charge on any atom is 0.304 e. The number of rotatable bonds is 12. The maximum absolute atomic E-state index is 13.0. The maximum atomic E-state index is 13.0. The first-order chi connectivity index (χ1) is 17.4. The summed E-state index contributed by atoms with van der Waals surface area (Å²) in [4.78, 5) is 41.9. The molecule has 2 amide bonds. The summed E-state index contributed by atoms with van der Waals surface area (Å²) in [5, 5.41) is 18.8. The van der Waals surface area contributed by atoms with Crippen LogP contribution in [0.2, 0.25) is 5.02 Å². The first-order valence-corrected chi connectivity index (χ1v) is 13.5. The fraction of sp³-hybridized carbons (Fsp3) is 0.423. The van der Waals surface area contributed by atoms with Crippen LogP contribution in [0.25, 0.3) is 0 Å². The molecule has 8 nitrogen and oxygen atoms in total. The highest BCUT2D eigenvalue weighted by Crippen LogP contribution is 2.19. The molecule has 1 saturated heterocycles. The molecule has 1 fully saturated rings. The Morgan fingerprint density at radius 2 is 1.64 bits per heavy atom. The number of halogens is 1. The van der Waals surface area contributed by atoms with Gasteiger partial charge >= 0.3 is 5.97 Å². The summed E-state index contributed by atoms with van der Waals surface area (Å²) in [6.45, 7) is 3.80. The third-order valence-corrected chi connectivity index (χ3v) is 7.22. The largest absolute Gasteiger partial charge is 0.481 e. The van der Waals surface area contributed by atoms with Crippen LogP contribution in [-0.4, -0.2) is 95.2 Å². The van der Waals surface area contributed by atoms with Crippen LogP contribution in [0.4, 0.5) is 5.69 Å². The van der Waals surface area contributed by atoms with E-state index < -0.39 is 5.97 Å². The lowest BCUT2D eigenvalue weighted by Gasteiger charge is -2.35. The number of anilines is 1. The standard InChI is InChI=1S/C26H32ClN3O5S/c27-22-5-1-20(2-6-22)9-11-28-12-14-29(15-13-28)26(35)21-3-7-23(8-4-21)30(16-17-31)24(32)19-36-18-10-25(33)34/h1-8,31H,9-19H2,(H,33,34). The quantitative estimate of drug-likeness (QED) is 0.404. The van der Waals surface area contributed by atoms with Crippen LogP contribution in [0.3, 0.4) is 0 Å². The summed E-state index contributed by atoms with van der Waals surface area (Å²) in [6, 6.07) is 14.7. The summed E-state index contributed by atoms with van der Waals surface area (Å²) in [5.74, 6) is -0.690. The Labute approximate surface area is 220 Å². The Balaban J connectivity index is 1.49. The van der Waals surface area contributed by atoms with Gasteiger partial charge in [-0.25, -0.2) is 0 Å². The number of carboxylic acids is 1. The summed E-state index contributed by atoms with van der Waals surface area (Å²) in [7, 11) is 0. The number of aliphatic carboxylic acids is 1. The van der Waals surface area contributed by atoms with Crippen LogP contribution in [0.15, 0.2) is 48.5 Å². The number of aliphatic hydroxyl groups is 1. The molecular formula is C26H32ClN3O5S. The molecule has 10 heteroatoms. The van der Waals surface area contributed by atoms with Gasteiger partial charge in [0.15, 0.2) is 0 Å². The Hall–Kier alpha value is -2.59. The van der Waals surface area contributed by atoms with Gasteiger partial charge in [-0.3, -0.25) is 19.3 Å². The van der Waals surface area contributed by atoms with Crippen molar-refractivity contribution >= 4 is 46.8 Å². The summed E-state index contributed by atoms with van der Waals surface area (Å²) < 4.78 is 0. The molecule has 0 bridgehead atoms. The van der Waals surface area contributed by atoms with E-state index >= 15 is 0 Å². The molecule has 0 saturated carbocycles. The Morgan fingerprint density at radius 3 is 2.25 bits per heavy atom. The predicted molar refractivity (Wildman–Crippen MR) is 143 cm³/mol. The van der Waals surface area contributed by atoms with Gasteiger partial charge in [0.25, 0.3) is 5.91 Å². The second-order valence-corrected chi connectivity index (χ2v) is 10.1. The zero-order valence-electron chi connectivity index (χ0n) is 20.1. The number of benzene rings is 2. The van der Waals surface area contributed by atoms with E-state index in [9.17, 15) is 19.5 Å². The van der Waals surface area contributed by atoms with E-state index in [1.807, 2.05) is 29.2 Å². The van der Waals surface area contributed by atoms with E-state index in [0.717, 1.165) is 31.1 Å². The van der Waals surface area contributed by atoms with Gasteiger partial charge in [-0.1, -0.05) is 23.7 Å². The van der Waals surface area contributed by atoms with Gasteiger partial charge in [0.1, 0.15) is 0 Å². The lowest BCUT2D eigenvalue weighted by Crippen LogP contribution is -2.49. The molecule has 0 unspecified atom stereocenters. The van der Waals surface area contributed by atoms with Crippen LogP contribution >= 0.6 is 23.4 Å². The van der Waals surface area contributed by atoms with Crippen molar-refractivity contribution in [3.8, 4) is 0 Å². The zero-order valence-corrected chi connectivity index (χ0v) is 21.7. The van der Waals surface area contributed by atoms with Crippen molar-refractivity contribution in [2.24, 2.45) is 0 Å². The van der Waals surface area contributed by atoms with Crippen molar-refractivity contribution in [1.82, 2.24) is 9.80 Å². The van der Waals surface area contributed by atoms with E-state index in [0.29, 0.717) is 30.1 Å². The van der Waals surface area contributed by atoms with E-state index in [1.165, 1.54) is 22.2 Å². The smallest absolute Gasteiger partial charge is 0.304 e. The lowest BCUT2D eigenvalue weighted by atomic mass is 10.1. The minimum absolute atomic E-state index is 0.00857. The number of amides is 2. The summed E-state index contributed by atoms with van der Waals surface area (Å²) >= 11 is 7.19. The van der Waals surface area contributed by atoms with Crippen LogP contribution in [-0.2, 0) is 16.0 Å². The normalized spacial score (nSPS) is 14.0. The van der Waals surface area contributed by atoms with Crippen molar-refractivity contribution in [1.29, 1.82) is 0 Å². The topological polar surface area (TPSA) is 101 Å². The van der Waals surface area contributed by atoms with Gasteiger partial charge in [-0.2, -0.15) is 11.8 Å². The number of thioether (sulfide) groups is 1. The Morgan fingerprint density at radius 1 is 0.972 bits per heavy atom. The molecule has 1 aliphatic rings. The average Bonchev–Trinajstić information content (AvgIpc) is 2.89. The average molecular weight is 534 g/mol. The molecule has 2 N–H and O–H groups in total. The summed E-state index contributed by atoms with van der Waals surface area (Å²) in [6.07, 6.45) is 0.930. The molecule has 194 valence electrons. The molecular weight excluding hydrogens is 502 g/mol. The molecule has 0 atom stereocenters. The first kappa shape index (κ1) is 28.0. The van der Waals surface area contributed by atoms with Crippen LogP contribution in [0, 0.1) is 0 Å². The molecule has 2 aromatic carbocycles. The highest BCUT2D eigenvalue weighted by Gasteiger charge is 2.23. The monoisotopic (exact) mass is 533 g/mol. The zero-order chi connectivity index (χ0) is 25.9. The van der Waals surface area contributed by atoms with Crippen LogP contribution < -0.4 is 4.90 Å². The van der Waals surface area contributed by atoms with Crippen molar-refractivity contribution in [2.45, 2.75) is 12.8 Å². The van der Waals surface area contributed by atoms with Gasteiger partial charge in [0, 0.05) is 61.3 Å². The van der Waals surface area contributed by atoms with Crippen molar-refractivity contribution in [3.63, 3.8) is 0 Å². The van der Waals surface area contributed by atoms with Crippen LogP contribution in [0.1, 0.15) is 22.3 Å². The fourth-order valence-corrected chi connectivity index (χ4v) is 4.89. The number of aliphatic hydroxyl groups excluding tert-OH is 1. The third-order valence-electron chi connectivity index (χ3n) is 6.03. The minimum Gasteiger partial charge on any atom is -0.481 e. The van der Waals surface area contributed by atoms with Crippen molar-refractivity contribution in [3.05, 3.63) is 64.7 Å². The second kappa shape index (κ2) is 14.2. The molecule has 0 aromatic heterocycles. The number of carbonyl (C=O) groups excluding carboxylic acids is 2. The molecule has 0 aliphatic carbocycles. The van der Waals surface area contributed by atoms with Gasteiger partial charge in [0.2, 0.25) is 5.91 Å². The molecule has 36 heavy (non-hydrogen) atoms. The third kappa shape index (κ3) is 8.51. The van der Waals surface area contributed by atoms with Gasteiger partial charge < -0.3 is 20.0 Å². The van der Waals surface area contributed by atoms with Gasteiger partial charge in [0.05, 0.1) is 18.8 Å². The second-order valence-electron chi connectivity index (χ2n) is 8.52. The van der Waals surface area contributed by atoms with E-state index in [2.05, 4.69) is 4.90 Å². The molecule has 1 aliphatic heterocycles. The predicted octanol–water partition coefficient (Wildman–Crippen LogP) is 2.87. The number of carbonyl (C=O) groups is 3. The molecule has 0 spiro atoms. The molecule has 1 heterocycles. The number of nitrogens with zero attached hydrogens (tertiary/aromatic N) is 3. The molecule has 0 radical (unpaired) electrons. The Bertz CT molecular complexity index is 1010. The number of hydrogen-bond donors (Lipinski definition) is 2. The SMILES string of the molecule is O=C(O)CCSCC(=O)N(CCO)c1ccc(C(=O)N2CCN(CCc3ccc(Cl)cc3)CC2)cc1. The number of carboxylic acid groups (broad SMARTS) is 1. The highest BCUT2D eigenvalue weighted by atomic mass is 35.5. The number of piperazine rings is 1. The minimum atomic E-state index is -0.901. The van der Waals surface area contributed by atoms with Crippen molar-refractivity contribution < 1.29 is 24.6 Å². The van der Waals surface area contributed by atoms with E-state index in [1.54, 1.807) is 24.3 Å².